The fraction of sp³-hybridized carbons (Fsp3) is 0.438. The van der Waals surface area contributed by atoms with Crippen LogP contribution < -0.4 is 0 Å². The maximum Gasteiger partial charge on any atom is 0.230 e. The van der Waals surface area contributed by atoms with Gasteiger partial charge in [-0.2, -0.15) is 0 Å². The molecule has 0 saturated heterocycles. The molecule has 0 N–H and O–H groups in total. The lowest BCUT2D eigenvalue weighted by Crippen LogP contribution is -2.27. The second kappa shape index (κ2) is 6.57. The number of fused-ring (bicyclic) bond motifs is 1. The zero-order chi connectivity index (χ0) is 17.5. The number of pyridine rings is 1. The average Bonchev–Trinajstić information content (AvgIpc) is 2.93. The quantitative estimate of drug-likeness (QED) is 0.545. The van der Waals surface area contributed by atoms with Gasteiger partial charge >= 0.3 is 0 Å². The number of aromatic nitrogens is 2. The highest BCUT2D eigenvalue weighted by Crippen LogP contribution is 2.31. The minimum Gasteiger partial charge on any atom is -0.591 e. The fourth-order valence-corrected chi connectivity index (χ4v) is 3.28. The van der Waals surface area contributed by atoms with Crippen molar-refractivity contribution in [1.82, 2.24) is 9.97 Å². The molecule has 1 unspecified atom stereocenters. The Morgan fingerprint density at radius 1 is 1.38 bits per heavy atom. The number of nitrogens with zero attached hydrogens (tertiary/aromatic N) is 3. The van der Waals surface area contributed by atoms with Crippen molar-refractivity contribution >= 4 is 33.0 Å². The molecule has 1 atom stereocenters. The van der Waals surface area contributed by atoms with Gasteiger partial charge in [0, 0.05) is 0 Å². The van der Waals surface area contributed by atoms with Crippen LogP contribution in [0.1, 0.15) is 45.1 Å². The van der Waals surface area contributed by atoms with E-state index in [1.54, 1.807) is 0 Å². The van der Waals surface area contributed by atoms with Gasteiger partial charge in [0.25, 0.3) is 0 Å². The van der Waals surface area contributed by atoms with Crippen molar-refractivity contribution in [2.45, 2.75) is 44.8 Å². The summed E-state index contributed by atoms with van der Waals surface area (Å²) in [6.45, 7) is 5.60. The van der Waals surface area contributed by atoms with Crippen molar-refractivity contribution in [1.29, 1.82) is 0 Å². The molecule has 8 heteroatoms. The van der Waals surface area contributed by atoms with Crippen molar-refractivity contribution in [2.24, 2.45) is 4.40 Å². The largest absolute Gasteiger partial charge is 0.591 e. The Morgan fingerprint density at radius 3 is 2.83 bits per heavy atom. The number of halogens is 2. The smallest absolute Gasteiger partial charge is 0.230 e. The van der Waals surface area contributed by atoms with Gasteiger partial charge in [0.15, 0.2) is 11.6 Å². The molecular formula is C16H17BrFN3O2S. The van der Waals surface area contributed by atoms with E-state index in [-0.39, 0.29) is 11.5 Å². The van der Waals surface area contributed by atoms with Crippen LogP contribution in [0.2, 0.25) is 0 Å². The lowest BCUT2D eigenvalue weighted by atomic mass is 10.0. The summed E-state index contributed by atoms with van der Waals surface area (Å²) in [5.41, 5.74) is 1.60. The summed E-state index contributed by atoms with van der Waals surface area (Å²) < 4.78 is 36.5. The third-order valence-corrected chi connectivity index (χ3v) is 5.42. The zero-order valence-electron chi connectivity index (χ0n) is 13.6. The molecule has 0 bridgehead atoms. The number of hydrogen-bond donors (Lipinski definition) is 0. The molecule has 0 radical (unpaired) electrons. The molecule has 0 spiro atoms. The molecule has 0 saturated carbocycles. The normalized spacial score (nSPS) is 17.8. The van der Waals surface area contributed by atoms with E-state index in [1.165, 1.54) is 6.07 Å². The van der Waals surface area contributed by atoms with Gasteiger partial charge in [0.1, 0.15) is 26.4 Å². The molecule has 0 aromatic carbocycles. The molecule has 128 valence electrons. The standard InChI is InChI=1S/C16H17BrFN3O2S/c1-16(2,3)24(22)21-12-6-4-5-11-14(12)23-15(20-11)9-7-13(17)19-8-10(9)18/h7-8H,4-6H2,1-3H3. The third kappa shape index (κ3) is 3.55. The van der Waals surface area contributed by atoms with Crippen molar-refractivity contribution < 1.29 is 13.4 Å². The van der Waals surface area contributed by atoms with Crippen molar-refractivity contribution in [3.05, 3.63) is 34.1 Å². The molecule has 2 aromatic heterocycles. The molecule has 0 aliphatic heterocycles. The second-order valence-electron chi connectivity index (χ2n) is 6.53. The van der Waals surface area contributed by atoms with Crippen LogP contribution in [0.5, 0.6) is 0 Å². The number of rotatable bonds is 2. The van der Waals surface area contributed by atoms with Gasteiger partial charge in [-0.15, -0.1) is 0 Å². The van der Waals surface area contributed by atoms with Crippen LogP contribution in [0.25, 0.3) is 11.5 Å². The van der Waals surface area contributed by atoms with Crippen molar-refractivity contribution in [2.75, 3.05) is 0 Å². The molecular weight excluding hydrogens is 397 g/mol. The van der Waals surface area contributed by atoms with Gasteiger partial charge in [-0.25, -0.2) is 14.4 Å². The van der Waals surface area contributed by atoms with Gasteiger partial charge in [0.2, 0.25) is 5.89 Å². The zero-order valence-corrected chi connectivity index (χ0v) is 16.0. The fourth-order valence-electron chi connectivity index (χ4n) is 2.30. The predicted octanol–water partition coefficient (Wildman–Crippen LogP) is 4.23. The summed E-state index contributed by atoms with van der Waals surface area (Å²) in [6, 6.07) is 1.52. The summed E-state index contributed by atoms with van der Waals surface area (Å²) in [6.07, 6.45) is 3.37. The third-order valence-electron chi connectivity index (χ3n) is 3.56. The molecule has 2 heterocycles. The Bertz CT molecular complexity index is 801. The summed E-state index contributed by atoms with van der Waals surface area (Å²) in [4.78, 5) is 8.24. The molecule has 1 aliphatic carbocycles. The van der Waals surface area contributed by atoms with E-state index in [2.05, 4.69) is 30.3 Å². The SMILES string of the molecule is CC(C)(C)[S+]([O-])N=C1CCCc2nc(-c3cc(Br)ncc3F)oc21. The highest BCUT2D eigenvalue weighted by Gasteiger charge is 2.31. The van der Waals surface area contributed by atoms with E-state index in [1.807, 2.05) is 20.8 Å². The minimum absolute atomic E-state index is 0.191. The van der Waals surface area contributed by atoms with E-state index in [0.717, 1.165) is 24.7 Å². The van der Waals surface area contributed by atoms with E-state index in [0.29, 0.717) is 22.5 Å². The number of hydrogen-bond acceptors (Lipinski definition) is 5. The van der Waals surface area contributed by atoms with E-state index < -0.39 is 21.9 Å². The number of aryl methyl sites for hydroxylation is 1. The monoisotopic (exact) mass is 413 g/mol. The first kappa shape index (κ1) is 17.6. The summed E-state index contributed by atoms with van der Waals surface area (Å²) in [5, 5.41) is 0. The first-order chi connectivity index (χ1) is 11.3. The van der Waals surface area contributed by atoms with Gasteiger partial charge in [-0.3, -0.25) is 0 Å². The lowest BCUT2D eigenvalue weighted by molar-refractivity contribution is 0.543. The Balaban J connectivity index is 2.02. The Hall–Kier alpha value is -1.25. The van der Waals surface area contributed by atoms with Crippen LogP contribution >= 0.6 is 15.9 Å². The highest BCUT2D eigenvalue weighted by molar-refractivity contribution is 9.10. The molecule has 2 aromatic rings. The highest BCUT2D eigenvalue weighted by atomic mass is 79.9. The molecule has 3 rings (SSSR count). The summed E-state index contributed by atoms with van der Waals surface area (Å²) in [5.74, 6) is 0.200. The maximum absolute atomic E-state index is 14.0. The maximum atomic E-state index is 14.0. The Kier molecular flexibility index (Phi) is 4.81. The van der Waals surface area contributed by atoms with Gasteiger partial charge in [0.05, 0.1) is 17.5 Å². The van der Waals surface area contributed by atoms with Crippen molar-refractivity contribution in [3.8, 4) is 11.5 Å². The predicted molar refractivity (Wildman–Crippen MR) is 94.8 cm³/mol. The molecule has 24 heavy (non-hydrogen) atoms. The van der Waals surface area contributed by atoms with E-state index >= 15 is 0 Å². The van der Waals surface area contributed by atoms with Crippen LogP contribution in [0.15, 0.2) is 25.7 Å². The number of oxazole rings is 1. The summed E-state index contributed by atoms with van der Waals surface area (Å²) >= 11 is 1.84. The van der Waals surface area contributed by atoms with Crippen LogP contribution in [-0.4, -0.2) is 25.0 Å². The topological polar surface area (TPSA) is 74.3 Å². The summed E-state index contributed by atoms with van der Waals surface area (Å²) in [7, 11) is 0. The average molecular weight is 414 g/mol. The van der Waals surface area contributed by atoms with Crippen LogP contribution in [0.3, 0.4) is 0 Å². The minimum atomic E-state index is -1.38. The van der Waals surface area contributed by atoms with Crippen LogP contribution in [-0.2, 0) is 17.8 Å². The van der Waals surface area contributed by atoms with Gasteiger partial charge in [-0.1, -0.05) is 4.40 Å². The Labute approximate surface area is 151 Å². The molecule has 5 nitrogen and oxygen atoms in total. The van der Waals surface area contributed by atoms with Crippen LogP contribution in [0, 0.1) is 5.82 Å². The van der Waals surface area contributed by atoms with Gasteiger partial charge < -0.3 is 8.97 Å². The Morgan fingerprint density at radius 2 is 2.12 bits per heavy atom. The molecule has 0 fully saturated rings. The lowest BCUT2D eigenvalue weighted by Gasteiger charge is -2.20. The van der Waals surface area contributed by atoms with Gasteiger partial charge in [-0.05, 0) is 62.0 Å². The molecule has 0 amide bonds. The van der Waals surface area contributed by atoms with Crippen LogP contribution in [0.4, 0.5) is 4.39 Å². The molecule has 1 aliphatic rings. The van der Waals surface area contributed by atoms with Crippen molar-refractivity contribution in [3.63, 3.8) is 0 Å². The first-order valence-electron chi connectivity index (χ1n) is 7.57. The second-order valence-corrected chi connectivity index (χ2v) is 9.25. The van der Waals surface area contributed by atoms with E-state index in [4.69, 9.17) is 4.42 Å². The van der Waals surface area contributed by atoms with E-state index in [9.17, 15) is 8.94 Å². The first-order valence-corrected chi connectivity index (χ1v) is 9.47.